The molecule has 0 radical (unpaired) electrons. The number of benzene rings is 1. The number of likely N-dealkylation sites (N-methyl/N-ethyl adjacent to an activating group) is 1. The second-order valence-corrected chi connectivity index (χ2v) is 5.90. The molecule has 0 aliphatic heterocycles. The molecule has 1 aromatic rings. The third-order valence-electron chi connectivity index (χ3n) is 2.69. The number of aryl methyl sites for hydroxylation is 1. The van der Waals surface area contributed by atoms with E-state index in [1.807, 2.05) is 6.92 Å². The molecule has 1 amide bonds. The first-order chi connectivity index (χ1) is 9.31. The number of aliphatic hydroxyl groups is 1. The molecule has 0 saturated carbocycles. The van der Waals surface area contributed by atoms with E-state index in [0.717, 1.165) is 10.6 Å². The van der Waals surface area contributed by atoms with Gasteiger partial charge in [0.25, 0.3) is 5.91 Å². The van der Waals surface area contributed by atoms with Crippen molar-refractivity contribution in [1.82, 2.24) is 9.79 Å². The van der Waals surface area contributed by atoms with Crippen LogP contribution in [0.3, 0.4) is 0 Å². The third-order valence-corrected chi connectivity index (χ3v) is 4.18. The fraction of sp³-hybridized carbons (Fsp3) is 0.417. The smallest absolute Gasteiger partial charge is 0.266 e. The van der Waals surface area contributed by atoms with Gasteiger partial charge >= 0.3 is 0 Å². The average molecular weight is 302 g/mol. The second kappa shape index (κ2) is 6.80. The van der Waals surface area contributed by atoms with Crippen LogP contribution in [-0.2, 0) is 19.7 Å². The molecule has 0 bridgehead atoms. The van der Waals surface area contributed by atoms with E-state index in [-0.39, 0.29) is 4.90 Å². The molecule has 7 nitrogen and oxygen atoms in total. The highest BCUT2D eigenvalue weighted by molar-refractivity contribution is 7.89. The van der Waals surface area contributed by atoms with Crippen LogP contribution in [0, 0.1) is 6.92 Å². The summed E-state index contributed by atoms with van der Waals surface area (Å²) < 4.78 is 26.3. The Balaban J connectivity index is 2.93. The number of sulfonamides is 1. The Morgan fingerprint density at radius 1 is 1.40 bits per heavy atom. The fourth-order valence-electron chi connectivity index (χ4n) is 1.45. The Hall–Kier alpha value is -1.48. The maximum atomic E-state index is 12.1. The summed E-state index contributed by atoms with van der Waals surface area (Å²) in [5, 5.41) is 10.0. The summed E-state index contributed by atoms with van der Waals surface area (Å²) in [6.45, 7) is 1.16. The number of carbonyl (C=O) groups is 1. The van der Waals surface area contributed by atoms with Crippen LogP contribution in [0.2, 0.25) is 0 Å². The standard InChI is InChI=1S/C12H18N2O5S/c1-9-4-6-10(7-5-9)20(17,18)13-11(8-15)12(16)14(2)19-3/h4-7,11,13,15H,8H2,1-3H3. The first-order valence-electron chi connectivity index (χ1n) is 5.83. The van der Waals surface area contributed by atoms with Gasteiger partial charge in [-0.05, 0) is 19.1 Å². The lowest BCUT2D eigenvalue weighted by Gasteiger charge is -2.21. The minimum Gasteiger partial charge on any atom is -0.394 e. The van der Waals surface area contributed by atoms with Gasteiger partial charge in [-0.3, -0.25) is 9.63 Å². The number of nitrogens with zero attached hydrogens (tertiary/aromatic N) is 1. The quantitative estimate of drug-likeness (QED) is 0.701. The number of aliphatic hydroxyl groups excluding tert-OH is 1. The van der Waals surface area contributed by atoms with Gasteiger partial charge < -0.3 is 5.11 Å². The molecular formula is C12H18N2O5S. The molecule has 1 atom stereocenters. The zero-order chi connectivity index (χ0) is 15.3. The molecule has 1 aromatic carbocycles. The van der Waals surface area contributed by atoms with E-state index in [9.17, 15) is 13.2 Å². The second-order valence-electron chi connectivity index (χ2n) is 4.19. The lowest BCUT2D eigenvalue weighted by atomic mass is 10.2. The van der Waals surface area contributed by atoms with Gasteiger partial charge in [0.05, 0.1) is 18.6 Å². The van der Waals surface area contributed by atoms with Crippen LogP contribution in [0.25, 0.3) is 0 Å². The molecule has 112 valence electrons. The van der Waals surface area contributed by atoms with Crippen molar-refractivity contribution < 1.29 is 23.2 Å². The predicted molar refractivity (Wildman–Crippen MR) is 72.2 cm³/mol. The number of hydrogen-bond acceptors (Lipinski definition) is 5. The van der Waals surface area contributed by atoms with Crippen LogP contribution in [0.5, 0.6) is 0 Å². The lowest BCUT2D eigenvalue weighted by Crippen LogP contribution is -2.49. The third kappa shape index (κ3) is 4.01. The number of nitrogens with one attached hydrogen (secondary N) is 1. The molecule has 2 N–H and O–H groups in total. The van der Waals surface area contributed by atoms with E-state index in [4.69, 9.17) is 5.11 Å². The molecule has 8 heteroatoms. The Morgan fingerprint density at radius 3 is 2.40 bits per heavy atom. The molecule has 1 unspecified atom stereocenters. The number of rotatable bonds is 6. The zero-order valence-electron chi connectivity index (χ0n) is 11.5. The predicted octanol–water partition coefficient (Wildman–Crippen LogP) is -0.346. The van der Waals surface area contributed by atoms with E-state index in [0.29, 0.717) is 0 Å². The summed E-state index contributed by atoms with van der Waals surface area (Å²) in [5.41, 5.74) is 0.915. The van der Waals surface area contributed by atoms with E-state index in [1.165, 1.54) is 26.3 Å². The van der Waals surface area contributed by atoms with Crippen LogP contribution in [0.1, 0.15) is 5.56 Å². The summed E-state index contributed by atoms with van der Waals surface area (Å²) >= 11 is 0. The molecule has 0 spiro atoms. The molecular weight excluding hydrogens is 284 g/mol. The maximum absolute atomic E-state index is 12.1. The molecule has 0 saturated heterocycles. The van der Waals surface area contributed by atoms with E-state index in [1.54, 1.807) is 12.1 Å². The van der Waals surface area contributed by atoms with Gasteiger partial charge in [0, 0.05) is 7.05 Å². The van der Waals surface area contributed by atoms with Crippen molar-refractivity contribution in [2.45, 2.75) is 17.9 Å². The average Bonchev–Trinajstić information content (AvgIpc) is 2.43. The topological polar surface area (TPSA) is 95.9 Å². The molecule has 0 aromatic heterocycles. The normalized spacial score (nSPS) is 13.0. The first-order valence-corrected chi connectivity index (χ1v) is 7.31. The molecule has 0 heterocycles. The minimum atomic E-state index is -3.89. The van der Waals surface area contributed by atoms with Gasteiger partial charge in [0.15, 0.2) is 0 Å². The largest absolute Gasteiger partial charge is 0.394 e. The van der Waals surface area contributed by atoms with Crippen molar-refractivity contribution in [3.8, 4) is 0 Å². The van der Waals surface area contributed by atoms with Crippen molar-refractivity contribution in [3.05, 3.63) is 29.8 Å². The van der Waals surface area contributed by atoms with Gasteiger partial charge in [-0.15, -0.1) is 0 Å². The van der Waals surface area contributed by atoms with Gasteiger partial charge in [0.1, 0.15) is 6.04 Å². The van der Waals surface area contributed by atoms with Crippen LogP contribution in [0.15, 0.2) is 29.2 Å². The van der Waals surface area contributed by atoms with Gasteiger partial charge in [-0.2, -0.15) is 4.72 Å². The van der Waals surface area contributed by atoms with E-state index in [2.05, 4.69) is 9.56 Å². The van der Waals surface area contributed by atoms with Crippen LogP contribution < -0.4 is 4.72 Å². The van der Waals surface area contributed by atoms with Gasteiger partial charge in [-0.1, -0.05) is 17.7 Å². The summed E-state index contributed by atoms with van der Waals surface area (Å²) in [6.07, 6.45) is 0. The molecule has 0 aliphatic rings. The van der Waals surface area contributed by atoms with E-state index < -0.39 is 28.6 Å². The van der Waals surface area contributed by atoms with E-state index >= 15 is 0 Å². The maximum Gasteiger partial charge on any atom is 0.266 e. The molecule has 0 fully saturated rings. The first kappa shape index (κ1) is 16.6. The summed E-state index contributed by atoms with van der Waals surface area (Å²) in [7, 11) is -1.30. The Bertz CT molecular complexity index is 556. The van der Waals surface area contributed by atoms with Crippen molar-refractivity contribution in [2.24, 2.45) is 0 Å². The highest BCUT2D eigenvalue weighted by Gasteiger charge is 2.27. The molecule has 1 rings (SSSR count). The van der Waals surface area contributed by atoms with Crippen LogP contribution in [-0.4, -0.2) is 51.3 Å². The number of carbonyl (C=O) groups excluding carboxylic acids is 1. The molecule has 20 heavy (non-hydrogen) atoms. The fourth-order valence-corrected chi connectivity index (χ4v) is 2.63. The van der Waals surface area contributed by atoms with Crippen LogP contribution >= 0.6 is 0 Å². The highest BCUT2D eigenvalue weighted by atomic mass is 32.2. The number of hydrogen-bond donors (Lipinski definition) is 2. The SMILES string of the molecule is CON(C)C(=O)C(CO)NS(=O)(=O)c1ccc(C)cc1. The number of hydroxylamine groups is 2. The van der Waals surface area contributed by atoms with Gasteiger partial charge in [-0.25, -0.2) is 13.5 Å². The highest BCUT2D eigenvalue weighted by Crippen LogP contribution is 2.11. The Morgan fingerprint density at radius 2 is 1.95 bits per heavy atom. The Kier molecular flexibility index (Phi) is 5.63. The summed E-state index contributed by atoms with van der Waals surface area (Å²) in [4.78, 5) is 16.5. The Labute approximate surface area is 118 Å². The van der Waals surface area contributed by atoms with Crippen molar-refractivity contribution >= 4 is 15.9 Å². The van der Waals surface area contributed by atoms with Crippen molar-refractivity contribution in [1.29, 1.82) is 0 Å². The van der Waals surface area contributed by atoms with Crippen LogP contribution in [0.4, 0.5) is 0 Å². The number of amides is 1. The van der Waals surface area contributed by atoms with Crippen molar-refractivity contribution in [3.63, 3.8) is 0 Å². The lowest BCUT2D eigenvalue weighted by molar-refractivity contribution is -0.171. The van der Waals surface area contributed by atoms with Gasteiger partial charge in [0.2, 0.25) is 10.0 Å². The minimum absolute atomic E-state index is 0.0226. The summed E-state index contributed by atoms with van der Waals surface area (Å²) in [6, 6.07) is 4.84. The summed E-state index contributed by atoms with van der Waals surface area (Å²) in [5.74, 6) is -0.689. The molecule has 0 aliphatic carbocycles. The zero-order valence-corrected chi connectivity index (χ0v) is 12.3. The van der Waals surface area contributed by atoms with Crippen molar-refractivity contribution in [2.75, 3.05) is 20.8 Å². The monoisotopic (exact) mass is 302 g/mol.